The van der Waals surface area contributed by atoms with E-state index in [1.54, 1.807) is 0 Å². The second-order valence-electron chi connectivity index (χ2n) is 5.60. The molecule has 1 atom stereocenters. The Morgan fingerprint density at radius 2 is 1.86 bits per heavy atom. The van der Waals surface area contributed by atoms with Crippen molar-refractivity contribution in [1.82, 2.24) is 0 Å². The highest BCUT2D eigenvalue weighted by molar-refractivity contribution is 5.44. The summed E-state index contributed by atoms with van der Waals surface area (Å²) in [5, 5.41) is 0. The standard InChI is InChI=1S/C16H23NO4/c17-14(11-19-10-12-3-5-18-6-4-12)13-1-2-15-16(9-13)21-8-7-20-15/h1-2,9,12,14H,3-8,10-11,17H2. The molecule has 5 heteroatoms. The van der Waals surface area contributed by atoms with Gasteiger partial charge in [0.15, 0.2) is 11.5 Å². The second-order valence-corrected chi connectivity index (χ2v) is 5.60. The zero-order valence-electron chi connectivity index (χ0n) is 12.3. The highest BCUT2D eigenvalue weighted by Gasteiger charge is 2.17. The van der Waals surface area contributed by atoms with Crippen LogP contribution in [0.1, 0.15) is 24.4 Å². The molecule has 2 aliphatic heterocycles. The summed E-state index contributed by atoms with van der Waals surface area (Å²) in [6.07, 6.45) is 2.17. The first-order valence-corrected chi connectivity index (χ1v) is 7.63. The Hall–Kier alpha value is -1.30. The number of hydrogen-bond acceptors (Lipinski definition) is 5. The molecule has 0 amide bonds. The molecule has 0 spiro atoms. The van der Waals surface area contributed by atoms with E-state index in [0.29, 0.717) is 25.7 Å². The van der Waals surface area contributed by atoms with Crippen molar-refractivity contribution >= 4 is 0 Å². The van der Waals surface area contributed by atoms with Gasteiger partial charge in [0.2, 0.25) is 0 Å². The topological polar surface area (TPSA) is 62.9 Å². The third-order valence-electron chi connectivity index (χ3n) is 3.99. The van der Waals surface area contributed by atoms with E-state index in [-0.39, 0.29) is 6.04 Å². The van der Waals surface area contributed by atoms with E-state index in [9.17, 15) is 0 Å². The number of nitrogens with two attached hydrogens (primary N) is 1. The Morgan fingerprint density at radius 1 is 1.10 bits per heavy atom. The Bertz CT molecular complexity index is 460. The van der Waals surface area contributed by atoms with Gasteiger partial charge in [-0.15, -0.1) is 0 Å². The van der Waals surface area contributed by atoms with Gasteiger partial charge in [-0.2, -0.15) is 0 Å². The maximum absolute atomic E-state index is 6.20. The van der Waals surface area contributed by atoms with Gasteiger partial charge in [0.05, 0.1) is 12.6 Å². The molecule has 0 bridgehead atoms. The van der Waals surface area contributed by atoms with Crippen molar-refractivity contribution in [2.75, 3.05) is 39.6 Å². The summed E-state index contributed by atoms with van der Waals surface area (Å²) in [6, 6.07) is 5.72. The fourth-order valence-corrected chi connectivity index (χ4v) is 2.66. The maximum Gasteiger partial charge on any atom is 0.161 e. The SMILES string of the molecule is NC(COCC1CCOCC1)c1ccc2c(c1)OCCO2. The van der Waals surface area contributed by atoms with Crippen LogP contribution in [-0.4, -0.2) is 39.6 Å². The van der Waals surface area contributed by atoms with Crippen LogP contribution in [0.25, 0.3) is 0 Å². The molecule has 1 fully saturated rings. The summed E-state index contributed by atoms with van der Waals surface area (Å²) < 4.78 is 22.2. The summed E-state index contributed by atoms with van der Waals surface area (Å²) in [5.41, 5.74) is 7.22. The van der Waals surface area contributed by atoms with Gasteiger partial charge in [-0.3, -0.25) is 0 Å². The molecular formula is C16H23NO4. The van der Waals surface area contributed by atoms with E-state index in [1.165, 1.54) is 0 Å². The number of fused-ring (bicyclic) bond motifs is 1. The van der Waals surface area contributed by atoms with Gasteiger partial charge >= 0.3 is 0 Å². The van der Waals surface area contributed by atoms with Crippen LogP contribution in [0.15, 0.2) is 18.2 Å². The molecule has 0 radical (unpaired) electrons. The highest BCUT2D eigenvalue weighted by atomic mass is 16.6. The Morgan fingerprint density at radius 3 is 2.67 bits per heavy atom. The second kappa shape index (κ2) is 7.11. The van der Waals surface area contributed by atoms with Crippen molar-refractivity contribution in [2.45, 2.75) is 18.9 Å². The maximum atomic E-state index is 6.20. The van der Waals surface area contributed by atoms with Gasteiger partial charge in [0, 0.05) is 19.8 Å². The van der Waals surface area contributed by atoms with Crippen molar-refractivity contribution in [2.24, 2.45) is 11.7 Å². The normalized spacial score (nSPS) is 20.2. The first-order chi connectivity index (χ1) is 10.3. The lowest BCUT2D eigenvalue weighted by Gasteiger charge is -2.23. The molecule has 2 heterocycles. The minimum absolute atomic E-state index is 0.138. The van der Waals surface area contributed by atoms with Crippen molar-refractivity contribution < 1.29 is 18.9 Å². The predicted octanol–water partition coefficient (Wildman–Crippen LogP) is 1.90. The molecule has 5 nitrogen and oxygen atoms in total. The Balaban J connectivity index is 1.49. The van der Waals surface area contributed by atoms with Gasteiger partial charge < -0.3 is 24.7 Å². The number of rotatable bonds is 5. The third kappa shape index (κ3) is 3.87. The molecular weight excluding hydrogens is 270 g/mol. The largest absolute Gasteiger partial charge is 0.486 e. The van der Waals surface area contributed by atoms with Crippen LogP contribution in [0.2, 0.25) is 0 Å². The Labute approximate surface area is 125 Å². The van der Waals surface area contributed by atoms with E-state index in [0.717, 1.165) is 49.7 Å². The predicted molar refractivity (Wildman–Crippen MR) is 78.7 cm³/mol. The fourth-order valence-electron chi connectivity index (χ4n) is 2.66. The quantitative estimate of drug-likeness (QED) is 0.898. The van der Waals surface area contributed by atoms with Crippen LogP contribution in [0.4, 0.5) is 0 Å². The molecule has 0 saturated carbocycles. The summed E-state index contributed by atoms with van der Waals surface area (Å²) in [6.45, 7) is 4.18. The molecule has 1 unspecified atom stereocenters. The summed E-state index contributed by atoms with van der Waals surface area (Å²) >= 11 is 0. The molecule has 1 saturated heterocycles. The van der Waals surface area contributed by atoms with Crippen LogP contribution < -0.4 is 15.2 Å². The number of ether oxygens (including phenoxy) is 4. The van der Waals surface area contributed by atoms with Crippen LogP contribution >= 0.6 is 0 Å². The van der Waals surface area contributed by atoms with Crippen molar-refractivity contribution in [1.29, 1.82) is 0 Å². The Kier molecular flexibility index (Phi) is 4.95. The first kappa shape index (κ1) is 14.6. The van der Waals surface area contributed by atoms with Gasteiger partial charge in [-0.05, 0) is 36.5 Å². The number of benzene rings is 1. The molecule has 0 aromatic heterocycles. The number of hydrogen-bond donors (Lipinski definition) is 1. The highest BCUT2D eigenvalue weighted by Crippen LogP contribution is 2.32. The first-order valence-electron chi connectivity index (χ1n) is 7.63. The van der Waals surface area contributed by atoms with Crippen molar-refractivity contribution in [3.05, 3.63) is 23.8 Å². The molecule has 3 rings (SSSR count). The lowest BCUT2D eigenvalue weighted by Crippen LogP contribution is -2.24. The van der Waals surface area contributed by atoms with Gasteiger partial charge in [-0.1, -0.05) is 6.07 Å². The average Bonchev–Trinajstić information content (AvgIpc) is 2.55. The molecule has 0 aliphatic carbocycles. The average molecular weight is 293 g/mol. The summed E-state index contributed by atoms with van der Waals surface area (Å²) in [7, 11) is 0. The zero-order chi connectivity index (χ0) is 14.5. The van der Waals surface area contributed by atoms with E-state index in [4.69, 9.17) is 24.7 Å². The van der Waals surface area contributed by atoms with Gasteiger partial charge in [-0.25, -0.2) is 0 Å². The molecule has 21 heavy (non-hydrogen) atoms. The zero-order valence-corrected chi connectivity index (χ0v) is 12.3. The van der Waals surface area contributed by atoms with E-state index in [2.05, 4.69) is 0 Å². The van der Waals surface area contributed by atoms with Crippen LogP contribution in [0.5, 0.6) is 11.5 Å². The fraction of sp³-hybridized carbons (Fsp3) is 0.625. The van der Waals surface area contributed by atoms with Crippen LogP contribution in [0, 0.1) is 5.92 Å². The molecule has 1 aromatic carbocycles. The molecule has 2 N–H and O–H groups in total. The third-order valence-corrected chi connectivity index (χ3v) is 3.99. The van der Waals surface area contributed by atoms with E-state index in [1.807, 2.05) is 18.2 Å². The molecule has 1 aromatic rings. The van der Waals surface area contributed by atoms with Gasteiger partial charge in [0.1, 0.15) is 13.2 Å². The van der Waals surface area contributed by atoms with E-state index >= 15 is 0 Å². The smallest absolute Gasteiger partial charge is 0.161 e. The van der Waals surface area contributed by atoms with Crippen LogP contribution in [-0.2, 0) is 9.47 Å². The van der Waals surface area contributed by atoms with Crippen LogP contribution in [0.3, 0.4) is 0 Å². The van der Waals surface area contributed by atoms with Gasteiger partial charge in [0.25, 0.3) is 0 Å². The minimum Gasteiger partial charge on any atom is -0.486 e. The molecule has 2 aliphatic rings. The van der Waals surface area contributed by atoms with E-state index < -0.39 is 0 Å². The lowest BCUT2D eigenvalue weighted by molar-refractivity contribution is 0.0174. The minimum atomic E-state index is -0.138. The monoisotopic (exact) mass is 293 g/mol. The summed E-state index contributed by atoms with van der Waals surface area (Å²) in [5.74, 6) is 2.17. The lowest BCUT2D eigenvalue weighted by atomic mass is 10.0. The summed E-state index contributed by atoms with van der Waals surface area (Å²) in [4.78, 5) is 0. The van der Waals surface area contributed by atoms with Crippen molar-refractivity contribution in [3.63, 3.8) is 0 Å². The molecule has 116 valence electrons. The van der Waals surface area contributed by atoms with Crippen molar-refractivity contribution in [3.8, 4) is 11.5 Å².